The van der Waals surface area contributed by atoms with Crippen LogP contribution < -0.4 is 15.4 Å². The summed E-state index contributed by atoms with van der Waals surface area (Å²) in [5, 5.41) is 5.41. The van der Waals surface area contributed by atoms with Crippen LogP contribution in [0, 0.1) is 0 Å². The van der Waals surface area contributed by atoms with E-state index in [2.05, 4.69) is 15.4 Å². The van der Waals surface area contributed by atoms with Gasteiger partial charge in [-0.05, 0) is 48.9 Å². The molecule has 3 N–H and O–H groups in total. The summed E-state index contributed by atoms with van der Waals surface area (Å²) < 4.78 is 33.1. The molecule has 0 unspecified atom stereocenters. The quantitative estimate of drug-likeness (QED) is 0.361. The number of sulfonamides is 1. The number of carbonyl (C=O) groups excluding carboxylic acids is 2. The highest BCUT2D eigenvalue weighted by Crippen LogP contribution is 2.26. The van der Waals surface area contributed by atoms with Gasteiger partial charge in [-0.1, -0.05) is 41.9 Å². The van der Waals surface area contributed by atoms with E-state index in [0.717, 1.165) is 0 Å². The Hall–Kier alpha value is -3.40. The molecule has 0 aliphatic carbocycles. The van der Waals surface area contributed by atoms with Crippen LogP contribution >= 0.6 is 11.6 Å². The fraction of sp³-hybridized carbons (Fsp3) is 0.167. The van der Waals surface area contributed by atoms with Crippen molar-refractivity contribution in [2.75, 3.05) is 30.3 Å². The van der Waals surface area contributed by atoms with Crippen molar-refractivity contribution in [3.8, 4) is 0 Å². The minimum Gasteiger partial charge on any atom is -0.385 e. The van der Waals surface area contributed by atoms with Gasteiger partial charge in [0.15, 0.2) is 0 Å². The van der Waals surface area contributed by atoms with Crippen molar-refractivity contribution < 1.29 is 22.7 Å². The Morgan fingerprint density at radius 3 is 2.38 bits per heavy atom. The maximum atomic E-state index is 12.9. The van der Waals surface area contributed by atoms with Crippen molar-refractivity contribution in [1.29, 1.82) is 0 Å². The van der Waals surface area contributed by atoms with E-state index in [1.807, 2.05) is 0 Å². The van der Waals surface area contributed by atoms with Crippen molar-refractivity contribution in [3.63, 3.8) is 0 Å². The van der Waals surface area contributed by atoms with E-state index in [1.165, 1.54) is 18.2 Å². The molecule has 2 amide bonds. The number of nitrogens with one attached hydrogen (secondary N) is 3. The van der Waals surface area contributed by atoms with Crippen LogP contribution in [0.3, 0.4) is 0 Å². The second kappa shape index (κ2) is 11.6. The standard InChI is InChI=1S/C24H24ClN3O5S/c1-33-15-7-14-26-24(30)19-10-5-6-11-21(19)27-23(29)17-12-13-20(25)22(16-17)34(31,32)28-18-8-3-2-4-9-18/h2-6,8-13,16,28H,7,14-15H2,1H3,(H,26,30)(H,27,29). The number of rotatable bonds is 10. The van der Waals surface area contributed by atoms with Crippen LogP contribution in [0.15, 0.2) is 77.7 Å². The summed E-state index contributed by atoms with van der Waals surface area (Å²) in [5.41, 5.74) is 0.992. The predicted octanol–water partition coefficient (Wildman–Crippen LogP) is 4.16. The van der Waals surface area contributed by atoms with Gasteiger partial charge in [0.2, 0.25) is 0 Å². The number of hydrogen-bond acceptors (Lipinski definition) is 5. The van der Waals surface area contributed by atoms with Crippen LogP contribution in [-0.2, 0) is 14.8 Å². The molecule has 3 aromatic carbocycles. The minimum atomic E-state index is -4.05. The average Bonchev–Trinajstić information content (AvgIpc) is 2.82. The van der Waals surface area contributed by atoms with E-state index in [0.29, 0.717) is 30.9 Å². The molecule has 34 heavy (non-hydrogen) atoms. The van der Waals surface area contributed by atoms with Gasteiger partial charge in [-0.25, -0.2) is 8.42 Å². The Labute approximate surface area is 203 Å². The van der Waals surface area contributed by atoms with Crippen molar-refractivity contribution in [2.24, 2.45) is 0 Å². The van der Waals surface area contributed by atoms with Crippen molar-refractivity contribution in [3.05, 3.63) is 88.9 Å². The lowest BCUT2D eigenvalue weighted by Gasteiger charge is -2.13. The minimum absolute atomic E-state index is 0.0317. The summed E-state index contributed by atoms with van der Waals surface area (Å²) in [6.07, 6.45) is 0.649. The number of hydrogen-bond donors (Lipinski definition) is 3. The summed E-state index contributed by atoms with van der Waals surface area (Å²) >= 11 is 6.14. The lowest BCUT2D eigenvalue weighted by Crippen LogP contribution is -2.26. The molecule has 8 nitrogen and oxygen atoms in total. The van der Waals surface area contributed by atoms with Gasteiger partial charge in [0.25, 0.3) is 21.8 Å². The number of methoxy groups -OCH3 is 1. The summed E-state index contributed by atoms with van der Waals surface area (Å²) in [5.74, 6) is -0.939. The van der Waals surface area contributed by atoms with Gasteiger partial charge in [-0.3, -0.25) is 14.3 Å². The predicted molar refractivity (Wildman–Crippen MR) is 132 cm³/mol. The molecule has 0 saturated heterocycles. The molecule has 0 aliphatic heterocycles. The fourth-order valence-corrected chi connectivity index (χ4v) is 4.65. The number of para-hydroxylation sites is 2. The normalized spacial score (nSPS) is 11.0. The zero-order chi connectivity index (χ0) is 24.6. The third-order valence-corrected chi connectivity index (χ3v) is 6.60. The highest BCUT2D eigenvalue weighted by Gasteiger charge is 2.21. The molecular weight excluding hydrogens is 478 g/mol. The first-order valence-electron chi connectivity index (χ1n) is 10.4. The zero-order valence-corrected chi connectivity index (χ0v) is 19.9. The van der Waals surface area contributed by atoms with Crippen molar-refractivity contribution in [2.45, 2.75) is 11.3 Å². The van der Waals surface area contributed by atoms with Gasteiger partial charge in [-0.2, -0.15) is 0 Å². The highest BCUT2D eigenvalue weighted by atomic mass is 35.5. The Kier molecular flexibility index (Phi) is 8.64. The molecule has 178 valence electrons. The largest absolute Gasteiger partial charge is 0.385 e. The molecule has 0 heterocycles. The lowest BCUT2D eigenvalue weighted by molar-refractivity contribution is 0.0949. The molecule has 0 radical (unpaired) electrons. The molecular formula is C24H24ClN3O5S. The second-order valence-corrected chi connectivity index (χ2v) is 9.28. The van der Waals surface area contributed by atoms with E-state index in [1.54, 1.807) is 61.7 Å². The summed E-state index contributed by atoms with van der Waals surface area (Å²) in [6.45, 7) is 0.932. The number of benzene rings is 3. The van der Waals surface area contributed by atoms with Gasteiger partial charge >= 0.3 is 0 Å². The molecule has 0 fully saturated rings. The molecule has 0 aromatic heterocycles. The molecule has 3 rings (SSSR count). The first-order valence-corrected chi connectivity index (χ1v) is 12.2. The van der Waals surface area contributed by atoms with E-state index in [9.17, 15) is 18.0 Å². The van der Waals surface area contributed by atoms with E-state index >= 15 is 0 Å². The fourth-order valence-electron chi connectivity index (χ4n) is 3.07. The van der Waals surface area contributed by atoms with Gasteiger partial charge < -0.3 is 15.4 Å². The Morgan fingerprint density at radius 2 is 1.65 bits per heavy atom. The smallest absolute Gasteiger partial charge is 0.263 e. The molecule has 0 saturated carbocycles. The molecule has 10 heteroatoms. The maximum Gasteiger partial charge on any atom is 0.263 e. The van der Waals surface area contributed by atoms with Crippen molar-refractivity contribution >= 4 is 44.8 Å². The Morgan fingerprint density at radius 1 is 0.941 bits per heavy atom. The topological polar surface area (TPSA) is 114 Å². The van der Waals surface area contributed by atoms with Gasteiger partial charge in [0.05, 0.1) is 16.3 Å². The second-order valence-electron chi connectivity index (χ2n) is 7.22. The van der Waals surface area contributed by atoms with Gasteiger partial charge in [-0.15, -0.1) is 0 Å². The molecule has 0 spiro atoms. The van der Waals surface area contributed by atoms with Crippen LogP contribution in [0.2, 0.25) is 5.02 Å². The van der Waals surface area contributed by atoms with E-state index in [4.69, 9.17) is 16.3 Å². The van der Waals surface area contributed by atoms with Gasteiger partial charge in [0.1, 0.15) is 4.90 Å². The third-order valence-electron chi connectivity index (χ3n) is 4.74. The summed E-state index contributed by atoms with van der Waals surface area (Å²) in [6, 6.07) is 18.8. The van der Waals surface area contributed by atoms with Crippen LogP contribution in [0.25, 0.3) is 0 Å². The van der Waals surface area contributed by atoms with Crippen molar-refractivity contribution in [1.82, 2.24) is 5.32 Å². The number of amides is 2. The van der Waals surface area contributed by atoms with E-state index < -0.39 is 15.9 Å². The Balaban J connectivity index is 1.80. The average molecular weight is 502 g/mol. The van der Waals surface area contributed by atoms with Crippen LogP contribution in [-0.4, -0.2) is 40.5 Å². The first kappa shape index (κ1) is 25.2. The number of carbonyl (C=O) groups is 2. The maximum absolute atomic E-state index is 12.9. The third kappa shape index (κ3) is 6.57. The first-order chi connectivity index (χ1) is 16.3. The number of ether oxygens (including phenoxy) is 1. The molecule has 3 aromatic rings. The van der Waals surface area contributed by atoms with Crippen LogP contribution in [0.1, 0.15) is 27.1 Å². The van der Waals surface area contributed by atoms with Crippen LogP contribution in [0.5, 0.6) is 0 Å². The summed E-state index contributed by atoms with van der Waals surface area (Å²) in [4.78, 5) is 25.2. The lowest BCUT2D eigenvalue weighted by atomic mass is 10.1. The molecule has 0 atom stereocenters. The summed E-state index contributed by atoms with van der Waals surface area (Å²) in [7, 11) is -2.46. The SMILES string of the molecule is COCCCNC(=O)c1ccccc1NC(=O)c1ccc(Cl)c(S(=O)(=O)Nc2ccccc2)c1. The van der Waals surface area contributed by atoms with Crippen LogP contribution in [0.4, 0.5) is 11.4 Å². The highest BCUT2D eigenvalue weighted by molar-refractivity contribution is 7.92. The number of anilines is 2. The monoisotopic (exact) mass is 501 g/mol. The zero-order valence-electron chi connectivity index (χ0n) is 18.4. The van der Waals surface area contributed by atoms with E-state index in [-0.39, 0.29) is 27.0 Å². The molecule has 0 bridgehead atoms. The molecule has 0 aliphatic rings. The Bertz CT molecular complexity index is 1270. The number of halogens is 1. The van der Waals surface area contributed by atoms with Gasteiger partial charge in [0, 0.05) is 31.5 Å².